The normalized spacial score (nSPS) is 11.6. The number of hydrogen-bond acceptors (Lipinski definition) is 2. The van der Waals surface area contributed by atoms with E-state index in [1.807, 2.05) is 37.1 Å². The Morgan fingerprint density at radius 3 is 2.79 bits per heavy atom. The van der Waals surface area contributed by atoms with Crippen molar-refractivity contribution in [3.05, 3.63) is 53.1 Å². The number of nitrogens with zero attached hydrogens (tertiary/aromatic N) is 3. The molecule has 2 rings (SSSR count). The summed E-state index contributed by atoms with van der Waals surface area (Å²) in [6, 6.07) is 5.24. The molecule has 24 heavy (non-hydrogen) atoms. The van der Waals surface area contributed by atoms with E-state index in [1.54, 1.807) is 19.1 Å². The molecule has 0 fully saturated rings. The van der Waals surface area contributed by atoms with Gasteiger partial charge in [-0.2, -0.15) is 5.10 Å². The molecule has 0 saturated carbocycles. The van der Waals surface area contributed by atoms with E-state index in [1.165, 1.54) is 5.56 Å². The number of guanidine groups is 1. The van der Waals surface area contributed by atoms with Gasteiger partial charge in [-0.1, -0.05) is 12.1 Å². The van der Waals surface area contributed by atoms with Crippen LogP contribution in [0.3, 0.4) is 0 Å². The number of aliphatic imine (C=N–C) groups is 1. The van der Waals surface area contributed by atoms with Gasteiger partial charge in [-0.15, -0.1) is 0 Å². The van der Waals surface area contributed by atoms with Crippen LogP contribution in [-0.4, -0.2) is 28.8 Å². The summed E-state index contributed by atoms with van der Waals surface area (Å²) < 4.78 is 15.4. The number of rotatable bonds is 7. The molecule has 0 atom stereocenters. The molecule has 0 unspecified atom stereocenters. The van der Waals surface area contributed by atoms with Crippen LogP contribution in [0, 0.1) is 12.7 Å². The van der Waals surface area contributed by atoms with Crippen molar-refractivity contribution in [2.24, 2.45) is 12.0 Å². The van der Waals surface area contributed by atoms with Gasteiger partial charge in [0.2, 0.25) is 0 Å². The molecule has 0 aliphatic rings. The first kappa shape index (κ1) is 18.0. The van der Waals surface area contributed by atoms with Gasteiger partial charge < -0.3 is 10.6 Å². The van der Waals surface area contributed by atoms with Crippen LogP contribution in [0.5, 0.6) is 0 Å². The Kier molecular flexibility index (Phi) is 6.78. The van der Waals surface area contributed by atoms with Crippen LogP contribution in [0.25, 0.3) is 0 Å². The van der Waals surface area contributed by atoms with Crippen molar-refractivity contribution in [1.82, 2.24) is 20.4 Å². The molecule has 2 N–H and O–H groups in total. The standard InChI is InChI=1S/C18H26FN5/c1-4-20-18(21-9-5-6-16-12-23-24(3)13-16)22-11-15-8-7-14(2)17(19)10-15/h7-8,10,12-13H,4-6,9,11H2,1-3H3,(H2,20,21,22). The highest BCUT2D eigenvalue weighted by molar-refractivity contribution is 5.79. The van der Waals surface area contributed by atoms with E-state index in [9.17, 15) is 4.39 Å². The number of aromatic nitrogens is 2. The van der Waals surface area contributed by atoms with E-state index in [0.717, 1.165) is 37.5 Å². The summed E-state index contributed by atoms with van der Waals surface area (Å²) in [4.78, 5) is 4.51. The molecular formula is C18H26FN5. The van der Waals surface area contributed by atoms with Crippen LogP contribution in [0.15, 0.2) is 35.6 Å². The smallest absolute Gasteiger partial charge is 0.191 e. The summed E-state index contributed by atoms with van der Waals surface area (Å²) in [6.07, 6.45) is 5.90. The SMILES string of the molecule is CCNC(=NCc1ccc(C)c(F)c1)NCCCc1cnn(C)c1. The predicted octanol–water partition coefficient (Wildman–Crippen LogP) is 2.56. The molecule has 0 aliphatic heterocycles. The van der Waals surface area contributed by atoms with Crippen LogP contribution in [0.2, 0.25) is 0 Å². The Labute approximate surface area is 143 Å². The van der Waals surface area contributed by atoms with Crippen molar-refractivity contribution in [2.75, 3.05) is 13.1 Å². The molecule has 0 spiro atoms. The van der Waals surface area contributed by atoms with Gasteiger partial charge in [-0.3, -0.25) is 4.68 Å². The lowest BCUT2D eigenvalue weighted by atomic mass is 10.1. The first-order valence-corrected chi connectivity index (χ1v) is 8.33. The fraction of sp³-hybridized carbons (Fsp3) is 0.444. The largest absolute Gasteiger partial charge is 0.357 e. The Bertz CT molecular complexity index is 678. The summed E-state index contributed by atoms with van der Waals surface area (Å²) in [5, 5.41) is 10.7. The molecule has 130 valence electrons. The van der Waals surface area contributed by atoms with E-state index in [-0.39, 0.29) is 5.82 Å². The number of aryl methyl sites for hydroxylation is 3. The third-order valence-electron chi connectivity index (χ3n) is 3.69. The Morgan fingerprint density at radius 1 is 1.29 bits per heavy atom. The van der Waals surface area contributed by atoms with Crippen molar-refractivity contribution < 1.29 is 4.39 Å². The van der Waals surface area contributed by atoms with Crippen LogP contribution in [0.4, 0.5) is 4.39 Å². The second kappa shape index (κ2) is 9.05. The third kappa shape index (κ3) is 5.68. The zero-order chi connectivity index (χ0) is 17.4. The minimum atomic E-state index is -0.183. The quantitative estimate of drug-likeness (QED) is 0.466. The van der Waals surface area contributed by atoms with Crippen LogP contribution in [-0.2, 0) is 20.0 Å². The van der Waals surface area contributed by atoms with E-state index in [2.05, 4.69) is 20.7 Å². The molecule has 0 saturated heterocycles. The van der Waals surface area contributed by atoms with E-state index in [0.29, 0.717) is 12.1 Å². The Hall–Kier alpha value is -2.37. The van der Waals surface area contributed by atoms with Crippen LogP contribution in [0.1, 0.15) is 30.0 Å². The van der Waals surface area contributed by atoms with Crippen molar-refractivity contribution in [1.29, 1.82) is 0 Å². The zero-order valence-corrected chi connectivity index (χ0v) is 14.6. The van der Waals surface area contributed by atoms with Gasteiger partial charge in [-0.25, -0.2) is 9.38 Å². The average Bonchev–Trinajstić information content (AvgIpc) is 2.97. The Morgan fingerprint density at radius 2 is 2.12 bits per heavy atom. The molecule has 0 bridgehead atoms. The molecular weight excluding hydrogens is 305 g/mol. The molecule has 1 heterocycles. The lowest BCUT2D eigenvalue weighted by Crippen LogP contribution is -2.37. The summed E-state index contributed by atoms with van der Waals surface area (Å²) in [5.74, 6) is 0.571. The molecule has 0 aliphatic carbocycles. The van der Waals surface area contributed by atoms with Gasteiger partial charge in [0.25, 0.3) is 0 Å². The van der Waals surface area contributed by atoms with Crippen molar-refractivity contribution in [2.45, 2.75) is 33.2 Å². The van der Waals surface area contributed by atoms with Gasteiger partial charge in [0, 0.05) is 26.3 Å². The number of benzene rings is 1. The molecule has 0 amide bonds. The van der Waals surface area contributed by atoms with Gasteiger partial charge >= 0.3 is 0 Å². The van der Waals surface area contributed by atoms with Crippen LogP contribution < -0.4 is 10.6 Å². The first-order valence-electron chi connectivity index (χ1n) is 8.33. The number of halogens is 1. The molecule has 1 aromatic carbocycles. The zero-order valence-electron chi connectivity index (χ0n) is 14.6. The third-order valence-corrected chi connectivity index (χ3v) is 3.69. The van der Waals surface area contributed by atoms with Crippen molar-refractivity contribution in [3.8, 4) is 0 Å². The van der Waals surface area contributed by atoms with Crippen LogP contribution >= 0.6 is 0 Å². The summed E-state index contributed by atoms with van der Waals surface area (Å²) in [5.41, 5.74) is 2.75. The predicted molar refractivity (Wildman–Crippen MR) is 95.5 cm³/mol. The van der Waals surface area contributed by atoms with E-state index >= 15 is 0 Å². The van der Waals surface area contributed by atoms with E-state index < -0.39 is 0 Å². The maximum absolute atomic E-state index is 13.6. The molecule has 2 aromatic rings. The minimum Gasteiger partial charge on any atom is -0.357 e. The summed E-state index contributed by atoms with van der Waals surface area (Å²) >= 11 is 0. The summed E-state index contributed by atoms with van der Waals surface area (Å²) in [7, 11) is 1.92. The monoisotopic (exact) mass is 331 g/mol. The highest BCUT2D eigenvalue weighted by Gasteiger charge is 2.01. The molecule has 0 radical (unpaired) electrons. The highest BCUT2D eigenvalue weighted by Crippen LogP contribution is 2.10. The fourth-order valence-corrected chi connectivity index (χ4v) is 2.35. The topological polar surface area (TPSA) is 54.2 Å². The molecule has 6 heteroatoms. The van der Waals surface area contributed by atoms with Gasteiger partial charge in [-0.05, 0) is 49.4 Å². The average molecular weight is 331 g/mol. The second-order valence-corrected chi connectivity index (χ2v) is 5.83. The summed E-state index contributed by atoms with van der Waals surface area (Å²) in [6.45, 7) is 5.85. The highest BCUT2D eigenvalue weighted by atomic mass is 19.1. The van der Waals surface area contributed by atoms with Gasteiger partial charge in [0.15, 0.2) is 5.96 Å². The lowest BCUT2D eigenvalue weighted by Gasteiger charge is -2.11. The minimum absolute atomic E-state index is 0.183. The van der Waals surface area contributed by atoms with Crippen molar-refractivity contribution in [3.63, 3.8) is 0 Å². The lowest BCUT2D eigenvalue weighted by molar-refractivity contribution is 0.616. The van der Waals surface area contributed by atoms with Crippen molar-refractivity contribution >= 4 is 5.96 Å². The second-order valence-electron chi connectivity index (χ2n) is 5.83. The first-order chi connectivity index (χ1) is 11.6. The van der Waals surface area contributed by atoms with Gasteiger partial charge in [0.05, 0.1) is 12.7 Å². The molecule has 5 nitrogen and oxygen atoms in total. The molecule has 1 aromatic heterocycles. The maximum Gasteiger partial charge on any atom is 0.191 e. The Balaban J connectivity index is 1.82. The van der Waals surface area contributed by atoms with Gasteiger partial charge in [0.1, 0.15) is 5.82 Å². The fourth-order valence-electron chi connectivity index (χ4n) is 2.35. The van der Waals surface area contributed by atoms with E-state index in [4.69, 9.17) is 0 Å². The maximum atomic E-state index is 13.6. The number of hydrogen-bond donors (Lipinski definition) is 2. The number of nitrogens with one attached hydrogen (secondary N) is 2.